The van der Waals surface area contributed by atoms with E-state index in [1.54, 1.807) is 19.1 Å². The van der Waals surface area contributed by atoms with E-state index >= 15 is 0 Å². The highest BCUT2D eigenvalue weighted by atomic mass is 32.2. The van der Waals surface area contributed by atoms with Crippen molar-refractivity contribution in [2.75, 3.05) is 30.3 Å². The number of sulfone groups is 1. The molecule has 1 saturated heterocycles. The van der Waals surface area contributed by atoms with E-state index < -0.39 is 9.84 Å². The molecule has 0 bridgehead atoms. The first-order valence-electron chi connectivity index (χ1n) is 7.19. The molecule has 2 N–H and O–H groups in total. The van der Waals surface area contributed by atoms with Gasteiger partial charge in [0.1, 0.15) is 0 Å². The second-order valence-electron chi connectivity index (χ2n) is 5.87. The smallest absolute Gasteiger partial charge is 0.180 e. The standard InChI is InChI=1S/C15H24N2O2S/c1-3-20(18,19)14-7-5-4-6-13(14)17-10-8-15(2,12-16)9-11-17/h4-7H,3,8-12,16H2,1-2H3. The monoisotopic (exact) mass is 296 g/mol. The summed E-state index contributed by atoms with van der Waals surface area (Å²) < 4.78 is 24.4. The summed E-state index contributed by atoms with van der Waals surface area (Å²) in [7, 11) is -3.18. The fourth-order valence-electron chi connectivity index (χ4n) is 2.63. The van der Waals surface area contributed by atoms with Crippen LogP contribution in [0, 0.1) is 5.41 Å². The molecule has 1 fully saturated rings. The van der Waals surface area contributed by atoms with Gasteiger partial charge in [-0.15, -0.1) is 0 Å². The van der Waals surface area contributed by atoms with Crippen LogP contribution in [0.4, 0.5) is 5.69 Å². The quantitative estimate of drug-likeness (QED) is 0.923. The minimum atomic E-state index is -3.18. The molecule has 0 aromatic heterocycles. The Labute approximate surface area is 121 Å². The van der Waals surface area contributed by atoms with Crippen LogP contribution in [-0.2, 0) is 9.84 Å². The third-order valence-electron chi connectivity index (χ3n) is 4.38. The maximum Gasteiger partial charge on any atom is 0.180 e. The Morgan fingerprint density at radius 1 is 1.25 bits per heavy atom. The molecular formula is C15H24N2O2S. The van der Waals surface area contributed by atoms with Gasteiger partial charge in [-0.3, -0.25) is 0 Å². The molecule has 20 heavy (non-hydrogen) atoms. The second-order valence-corrected chi connectivity index (χ2v) is 8.12. The molecule has 4 nitrogen and oxygen atoms in total. The Morgan fingerprint density at radius 2 is 1.85 bits per heavy atom. The van der Waals surface area contributed by atoms with Gasteiger partial charge in [0, 0.05) is 13.1 Å². The average Bonchev–Trinajstić information content (AvgIpc) is 2.48. The first kappa shape index (κ1) is 15.3. The van der Waals surface area contributed by atoms with E-state index in [4.69, 9.17) is 5.73 Å². The highest BCUT2D eigenvalue weighted by Crippen LogP contribution is 2.34. The Morgan fingerprint density at radius 3 is 2.40 bits per heavy atom. The number of hydrogen-bond acceptors (Lipinski definition) is 4. The fraction of sp³-hybridized carbons (Fsp3) is 0.600. The molecule has 1 aliphatic heterocycles. The lowest BCUT2D eigenvalue weighted by molar-refractivity contribution is 0.258. The summed E-state index contributed by atoms with van der Waals surface area (Å²) in [5, 5.41) is 0. The Balaban J connectivity index is 2.28. The number of rotatable bonds is 4. The number of nitrogens with zero attached hydrogens (tertiary/aromatic N) is 1. The predicted molar refractivity (Wildman–Crippen MR) is 82.8 cm³/mol. The zero-order valence-corrected chi connectivity index (χ0v) is 13.1. The zero-order valence-electron chi connectivity index (χ0n) is 12.3. The lowest BCUT2D eigenvalue weighted by atomic mass is 9.80. The van der Waals surface area contributed by atoms with Gasteiger partial charge < -0.3 is 10.6 Å². The van der Waals surface area contributed by atoms with Crippen LogP contribution in [-0.4, -0.2) is 33.8 Å². The van der Waals surface area contributed by atoms with Crippen molar-refractivity contribution in [2.45, 2.75) is 31.6 Å². The van der Waals surface area contributed by atoms with E-state index in [1.165, 1.54) is 0 Å². The predicted octanol–water partition coefficient (Wildman–Crippen LogP) is 2.05. The van der Waals surface area contributed by atoms with Gasteiger partial charge in [-0.05, 0) is 36.9 Å². The average molecular weight is 296 g/mol. The van der Waals surface area contributed by atoms with Crippen molar-refractivity contribution in [3.63, 3.8) is 0 Å². The van der Waals surface area contributed by atoms with E-state index in [0.29, 0.717) is 11.4 Å². The molecule has 0 radical (unpaired) electrons. The molecule has 0 amide bonds. The van der Waals surface area contributed by atoms with Crippen molar-refractivity contribution in [3.05, 3.63) is 24.3 Å². The van der Waals surface area contributed by atoms with E-state index in [0.717, 1.165) is 31.6 Å². The Kier molecular flexibility index (Phi) is 4.39. The van der Waals surface area contributed by atoms with Crippen LogP contribution in [0.25, 0.3) is 0 Å². The topological polar surface area (TPSA) is 63.4 Å². The van der Waals surface area contributed by atoms with Gasteiger partial charge in [0.15, 0.2) is 9.84 Å². The molecule has 0 unspecified atom stereocenters. The minimum Gasteiger partial charge on any atom is -0.370 e. The molecule has 1 aromatic carbocycles. The van der Waals surface area contributed by atoms with Crippen molar-refractivity contribution in [1.82, 2.24) is 0 Å². The molecule has 112 valence electrons. The Hall–Kier alpha value is -1.07. The summed E-state index contributed by atoms with van der Waals surface area (Å²) in [5.74, 6) is 0.137. The Bertz CT molecular complexity index is 561. The molecule has 0 saturated carbocycles. The normalized spacial score (nSPS) is 19.1. The fourth-order valence-corrected chi connectivity index (χ4v) is 3.74. The van der Waals surface area contributed by atoms with Crippen molar-refractivity contribution in [2.24, 2.45) is 11.1 Å². The second kappa shape index (κ2) is 5.74. The number of nitrogens with two attached hydrogens (primary N) is 1. The molecule has 1 aliphatic rings. The van der Waals surface area contributed by atoms with Crippen LogP contribution in [0.3, 0.4) is 0 Å². The van der Waals surface area contributed by atoms with Crippen molar-refractivity contribution in [3.8, 4) is 0 Å². The van der Waals surface area contributed by atoms with Crippen molar-refractivity contribution in [1.29, 1.82) is 0 Å². The van der Waals surface area contributed by atoms with Gasteiger partial charge in [-0.1, -0.05) is 26.0 Å². The lowest BCUT2D eigenvalue weighted by Gasteiger charge is -2.40. The van der Waals surface area contributed by atoms with E-state index in [2.05, 4.69) is 11.8 Å². The summed E-state index contributed by atoms with van der Waals surface area (Å²) in [6.45, 7) is 6.32. The third kappa shape index (κ3) is 2.99. The maximum atomic E-state index is 12.2. The molecule has 2 rings (SSSR count). The van der Waals surface area contributed by atoms with Gasteiger partial charge >= 0.3 is 0 Å². The molecule has 0 aliphatic carbocycles. The molecular weight excluding hydrogens is 272 g/mol. The van der Waals surface area contributed by atoms with Crippen LogP contribution in [0.1, 0.15) is 26.7 Å². The number of hydrogen-bond donors (Lipinski definition) is 1. The van der Waals surface area contributed by atoms with Crippen LogP contribution in [0.2, 0.25) is 0 Å². The van der Waals surface area contributed by atoms with Crippen LogP contribution >= 0.6 is 0 Å². The first-order chi connectivity index (χ1) is 9.42. The summed E-state index contributed by atoms with van der Waals surface area (Å²) >= 11 is 0. The van der Waals surface area contributed by atoms with E-state index in [9.17, 15) is 8.42 Å². The summed E-state index contributed by atoms with van der Waals surface area (Å²) in [5.41, 5.74) is 6.86. The minimum absolute atomic E-state index is 0.137. The first-order valence-corrected chi connectivity index (χ1v) is 8.84. The molecule has 0 atom stereocenters. The van der Waals surface area contributed by atoms with Crippen molar-refractivity contribution >= 4 is 15.5 Å². The molecule has 1 aromatic rings. The van der Waals surface area contributed by atoms with Crippen LogP contribution in [0.15, 0.2) is 29.2 Å². The van der Waals surface area contributed by atoms with Gasteiger partial charge in [-0.2, -0.15) is 0 Å². The largest absolute Gasteiger partial charge is 0.370 e. The SMILES string of the molecule is CCS(=O)(=O)c1ccccc1N1CCC(C)(CN)CC1. The van der Waals surface area contributed by atoms with Gasteiger partial charge in [0.25, 0.3) is 0 Å². The number of benzene rings is 1. The van der Waals surface area contributed by atoms with E-state index in [1.807, 2.05) is 12.1 Å². The highest BCUT2D eigenvalue weighted by molar-refractivity contribution is 7.91. The van der Waals surface area contributed by atoms with Gasteiger partial charge in [0.2, 0.25) is 0 Å². The van der Waals surface area contributed by atoms with Crippen LogP contribution < -0.4 is 10.6 Å². The van der Waals surface area contributed by atoms with Gasteiger partial charge in [0.05, 0.1) is 16.3 Å². The lowest BCUT2D eigenvalue weighted by Crippen LogP contribution is -2.42. The van der Waals surface area contributed by atoms with Crippen molar-refractivity contribution < 1.29 is 8.42 Å². The molecule has 1 heterocycles. The van der Waals surface area contributed by atoms with Gasteiger partial charge in [-0.25, -0.2) is 8.42 Å². The number of para-hydroxylation sites is 1. The third-order valence-corrected chi connectivity index (χ3v) is 6.16. The molecule has 5 heteroatoms. The summed E-state index contributed by atoms with van der Waals surface area (Å²) in [6.07, 6.45) is 2.01. The number of anilines is 1. The summed E-state index contributed by atoms with van der Waals surface area (Å²) in [4.78, 5) is 2.64. The van der Waals surface area contributed by atoms with Crippen LogP contribution in [0.5, 0.6) is 0 Å². The number of piperidine rings is 1. The molecule has 0 spiro atoms. The van der Waals surface area contributed by atoms with E-state index in [-0.39, 0.29) is 11.2 Å². The maximum absolute atomic E-state index is 12.2. The highest BCUT2D eigenvalue weighted by Gasteiger charge is 2.30. The summed E-state index contributed by atoms with van der Waals surface area (Å²) in [6, 6.07) is 7.32. The zero-order chi connectivity index (χ0) is 14.8.